The highest BCUT2D eigenvalue weighted by atomic mass is 35.5. The van der Waals surface area contributed by atoms with Crippen molar-refractivity contribution in [3.8, 4) is 0 Å². The topological polar surface area (TPSA) is 50.4 Å². The second-order valence-corrected chi connectivity index (χ2v) is 4.17. The molecule has 15 heavy (non-hydrogen) atoms. The van der Waals surface area contributed by atoms with Gasteiger partial charge in [-0.3, -0.25) is 4.99 Å². The monoisotopic (exact) mass is 225 g/mol. The molecule has 0 unspecified atom stereocenters. The zero-order valence-corrected chi connectivity index (χ0v) is 9.97. The van der Waals surface area contributed by atoms with Gasteiger partial charge in [0.2, 0.25) is 0 Å². The van der Waals surface area contributed by atoms with Crippen LogP contribution in [0.3, 0.4) is 0 Å². The van der Waals surface area contributed by atoms with Crippen LogP contribution in [0.1, 0.15) is 25.0 Å². The first-order chi connectivity index (χ1) is 7.02. The van der Waals surface area contributed by atoms with Gasteiger partial charge in [0.05, 0.1) is 0 Å². The van der Waals surface area contributed by atoms with E-state index in [0.29, 0.717) is 10.9 Å². The fraction of sp³-hybridized carbons (Fsp3) is 0.364. The van der Waals surface area contributed by atoms with Gasteiger partial charge in [0.25, 0.3) is 0 Å². The predicted octanol–water partition coefficient (Wildman–Crippen LogP) is 2.27. The van der Waals surface area contributed by atoms with Crippen molar-refractivity contribution in [2.24, 2.45) is 10.8 Å². The van der Waals surface area contributed by atoms with Gasteiger partial charge in [-0.25, -0.2) is 5.84 Å². The molecular formula is C11H16ClN3. The molecule has 1 aromatic rings. The lowest BCUT2D eigenvalue weighted by molar-refractivity contribution is 0.820. The minimum absolute atomic E-state index is 0.190. The van der Waals surface area contributed by atoms with E-state index in [2.05, 4.69) is 10.4 Å². The Labute approximate surface area is 95.3 Å². The van der Waals surface area contributed by atoms with Crippen molar-refractivity contribution < 1.29 is 0 Å². The van der Waals surface area contributed by atoms with Gasteiger partial charge in [0, 0.05) is 16.6 Å². The van der Waals surface area contributed by atoms with Crippen LogP contribution in [0, 0.1) is 6.92 Å². The molecule has 0 aliphatic rings. The van der Waals surface area contributed by atoms with Crippen LogP contribution in [-0.4, -0.2) is 11.9 Å². The summed E-state index contributed by atoms with van der Waals surface area (Å²) in [6, 6.07) is 5.92. The Balaban J connectivity index is 3.12. The fourth-order valence-electron chi connectivity index (χ4n) is 1.33. The average Bonchev–Trinajstić information content (AvgIpc) is 2.12. The van der Waals surface area contributed by atoms with Crippen molar-refractivity contribution >= 4 is 17.4 Å². The van der Waals surface area contributed by atoms with E-state index in [-0.39, 0.29) is 6.04 Å². The highest BCUT2D eigenvalue weighted by Gasteiger charge is 2.04. The zero-order chi connectivity index (χ0) is 11.4. The van der Waals surface area contributed by atoms with E-state index in [1.54, 1.807) is 0 Å². The third kappa shape index (κ3) is 3.53. The molecule has 1 aromatic carbocycles. The Hall–Kier alpha value is -1.06. The number of benzene rings is 1. The standard InChI is InChI=1S/C11H16ClN3/c1-7(2)14-11(15-13)9-4-8(3)5-10(12)6-9/h4-7H,13H2,1-3H3,(H,14,15). The van der Waals surface area contributed by atoms with E-state index in [1.807, 2.05) is 39.0 Å². The number of hydrogen-bond acceptors (Lipinski definition) is 2. The van der Waals surface area contributed by atoms with Crippen LogP contribution in [0.5, 0.6) is 0 Å². The lowest BCUT2D eigenvalue weighted by Crippen LogP contribution is -2.32. The minimum atomic E-state index is 0.190. The summed E-state index contributed by atoms with van der Waals surface area (Å²) >= 11 is 5.96. The van der Waals surface area contributed by atoms with Gasteiger partial charge in [-0.1, -0.05) is 11.6 Å². The van der Waals surface area contributed by atoms with Crippen molar-refractivity contribution in [1.82, 2.24) is 5.43 Å². The third-order valence-corrected chi connectivity index (χ3v) is 2.06. The Morgan fingerprint density at radius 1 is 1.40 bits per heavy atom. The molecule has 0 radical (unpaired) electrons. The van der Waals surface area contributed by atoms with Gasteiger partial charge < -0.3 is 5.43 Å². The summed E-state index contributed by atoms with van der Waals surface area (Å²) in [6.45, 7) is 5.97. The number of amidine groups is 1. The van der Waals surface area contributed by atoms with Gasteiger partial charge >= 0.3 is 0 Å². The lowest BCUT2D eigenvalue weighted by Gasteiger charge is -2.09. The Morgan fingerprint density at radius 3 is 2.53 bits per heavy atom. The SMILES string of the molecule is Cc1cc(Cl)cc(C(=NC(C)C)NN)c1. The normalized spacial score (nSPS) is 12.0. The first-order valence-corrected chi connectivity index (χ1v) is 5.22. The van der Waals surface area contributed by atoms with Crippen LogP contribution >= 0.6 is 11.6 Å². The maximum atomic E-state index is 5.96. The summed E-state index contributed by atoms with van der Waals surface area (Å²) in [5, 5.41) is 0.691. The smallest absolute Gasteiger partial charge is 0.142 e. The predicted molar refractivity (Wildman–Crippen MR) is 65.2 cm³/mol. The summed E-state index contributed by atoms with van der Waals surface area (Å²) in [5.74, 6) is 6.09. The molecule has 0 atom stereocenters. The number of halogens is 1. The van der Waals surface area contributed by atoms with Crippen LogP contribution in [0.15, 0.2) is 23.2 Å². The highest BCUT2D eigenvalue weighted by molar-refractivity contribution is 6.31. The second kappa shape index (κ2) is 5.14. The van der Waals surface area contributed by atoms with E-state index in [9.17, 15) is 0 Å². The van der Waals surface area contributed by atoms with Crippen molar-refractivity contribution in [3.63, 3.8) is 0 Å². The summed E-state index contributed by atoms with van der Waals surface area (Å²) in [4.78, 5) is 4.37. The van der Waals surface area contributed by atoms with Crippen molar-refractivity contribution in [1.29, 1.82) is 0 Å². The van der Waals surface area contributed by atoms with E-state index in [1.165, 1.54) is 0 Å². The molecule has 3 N–H and O–H groups in total. The van der Waals surface area contributed by atoms with E-state index < -0.39 is 0 Å². The number of aryl methyl sites for hydroxylation is 1. The molecule has 4 heteroatoms. The Morgan fingerprint density at radius 2 is 2.07 bits per heavy atom. The van der Waals surface area contributed by atoms with Gasteiger partial charge in [-0.2, -0.15) is 0 Å². The summed E-state index contributed by atoms with van der Waals surface area (Å²) in [5.41, 5.74) is 4.60. The number of rotatable bonds is 2. The van der Waals surface area contributed by atoms with Crippen LogP contribution in [0.2, 0.25) is 5.02 Å². The molecule has 82 valence electrons. The van der Waals surface area contributed by atoms with Crippen molar-refractivity contribution in [2.45, 2.75) is 26.8 Å². The quantitative estimate of drug-likeness (QED) is 0.351. The number of nitrogens with one attached hydrogen (secondary N) is 1. The van der Waals surface area contributed by atoms with Crippen LogP contribution < -0.4 is 11.3 Å². The molecule has 0 heterocycles. The molecule has 0 spiro atoms. The number of aliphatic imine (C=N–C) groups is 1. The first kappa shape index (κ1) is 12.0. The summed E-state index contributed by atoms with van der Waals surface area (Å²) in [7, 11) is 0. The van der Waals surface area contributed by atoms with Crippen molar-refractivity contribution in [3.05, 3.63) is 34.3 Å². The molecule has 0 aliphatic heterocycles. The molecule has 0 aromatic heterocycles. The molecular weight excluding hydrogens is 210 g/mol. The average molecular weight is 226 g/mol. The highest BCUT2D eigenvalue weighted by Crippen LogP contribution is 2.14. The van der Waals surface area contributed by atoms with E-state index in [4.69, 9.17) is 17.4 Å². The van der Waals surface area contributed by atoms with Gasteiger partial charge in [-0.05, 0) is 44.5 Å². The fourth-order valence-corrected chi connectivity index (χ4v) is 1.62. The Kier molecular flexibility index (Phi) is 4.12. The molecule has 0 fully saturated rings. The Bertz CT molecular complexity index is 352. The number of nitrogens with zero attached hydrogens (tertiary/aromatic N) is 1. The number of hydrogen-bond donors (Lipinski definition) is 2. The van der Waals surface area contributed by atoms with Crippen LogP contribution in [0.25, 0.3) is 0 Å². The lowest BCUT2D eigenvalue weighted by atomic mass is 10.1. The molecule has 3 nitrogen and oxygen atoms in total. The first-order valence-electron chi connectivity index (χ1n) is 4.85. The maximum Gasteiger partial charge on any atom is 0.142 e. The zero-order valence-electron chi connectivity index (χ0n) is 9.21. The second-order valence-electron chi connectivity index (χ2n) is 3.73. The van der Waals surface area contributed by atoms with E-state index >= 15 is 0 Å². The number of nitrogens with two attached hydrogens (primary N) is 1. The molecule has 0 saturated heterocycles. The van der Waals surface area contributed by atoms with Crippen molar-refractivity contribution in [2.75, 3.05) is 0 Å². The summed E-state index contributed by atoms with van der Waals surface area (Å²) < 4.78 is 0. The van der Waals surface area contributed by atoms with Gasteiger partial charge in [0.1, 0.15) is 5.84 Å². The van der Waals surface area contributed by atoms with Gasteiger partial charge in [0.15, 0.2) is 0 Å². The minimum Gasteiger partial charge on any atom is -0.308 e. The maximum absolute atomic E-state index is 5.96. The van der Waals surface area contributed by atoms with Gasteiger partial charge in [-0.15, -0.1) is 0 Å². The largest absolute Gasteiger partial charge is 0.308 e. The number of hydrazine groups is 1. The molecule has 0 amide bonds. The molecule has 0 bridgehead atoms. The molecule has 1 rings (SSSR count). The van der Waals surface area contributed by atoms with E-state index in [0.717, 1.165) is 11.1 Å². The molecule has 0 saturated carbocycles. The molecule has 0 aliphatic carbocycles. The van der Waals surface area contributed by atoms with Crippen LogP contribution in [-0.2, 0) is 0 Å². The van der Waals surface area contributed by atoms with Crippen LogP contribution in [0.4, 0.5) is 0 Å². The summed E-state index contributed by atoms with van der Waals surface area (Å²) in [6.07, 6.45) is 0. The third-order valence-electron chi connectivity index (χ3n) is 1.84.